The van der Waals surface area contributed by atoms with Crippen molar-refractivity contribution < 1.29 is 17.9 Å². The van der Waals surface area contributed by atoms with Crippen LogP contribution >= 0.6 is 0 Å². The highest BCUT2D eigenvalue weighted by atomic mass is 32.2. The van der Waals surface area contributed by atoms with Crippen molar-refractivity contribution in [2.75, 3.05) is 17.9 Å². The molecule has 1 heterocycles. The van der Waals surface area contributed by atoms with Crippen molar-refractivity contribution in [2.45, 2.75) is 11.3 Å². The number of ether oxygens (including phenoxy) is 1. The van der Waals surface area contributed by atoms with Gasteiger partial charge in [-0.25, -0.2) is 8.42 Å². The van der Waals surface area contributed by atoms with Crippen LogP contribution in [0.2, 0.25) is 0 Å². The Labute approximate surface area is 146 Å². The number of amides is 1. The van der Waals surface area contributed by atoms with Gasteiger partial charge in [-0.15, -0.1) is 6.58 Å². The molecule has 0 spiro atoms. The van der Waals surface area contributed by atoms with Gasteiger partial charge in [-0.05, 0) is 35.9 Å². The lowest BCUT2D eigenvalue weighted by atomic mass is 10.1. The van der Waals surface area contributed by atoms with Crippen molar-refractivity contribution in [3.8, 4) is 5.75 Å². The van der Waals surface area contributed by atoms with Gasteiger partial charge in [0.05, 0.1) is 22.8 Å². The van der Waals surface area contributed by atoms with Gasteiger partial charge >= 0.3 is 0 Å². The first-order valence-corrected chi connectivity index (χ1v) is 9.26. The number of carbonyl (C=O) groups is 1. The predicted octanol–water partition coefficient (Wildman–Crippen LogP) is 2.34. The quantitative estimate of drug-likeness (QED) is 0.776. The third-order valence-corrected chi connectivity index (χ3v) is 5.16. The minimum atomic E-state index is -3.82. The molecular weight excluding hydrogens is 340 g/mol. The van der Waals surface area contributed by atoms with Crippen molar-refractivity contribution in [1.82, 2.24) is 5.32 Å². The van der Waals surface area contributed by atoms with Crippen molar-refractivity contribution >= 4 is 21.6 Å². The smallest absolute Gasteiger partial charge is 0.261 e. The standard InChI is InChI=1S/C18H18N2O4S/c1-2-10-19-18(21)15-5-3-4-6-16(15)20-25(22,23)14-7-8-17-13(12-14)9-11-24-17/h2-8,12,20H,1,9-11H2,(H,19,21). The Kier molecular flexibility index (Phi) is 4.76. The van der Waals surface area contributed by atoms with E-state index in [-0.39, 0.29) is 22.1 Å². The van der Waals surface area contributed by atoms with Crippen LogP contribution in [0.5, 0.6) is 5.75 Å². The summed E-state index contributed by atoms with van der Waals surface area (Å²) in [5, 5.41) is 2.64. The Morgan fingerprint density at radius 1 is 1.24 bits per heavy atom. The number of hydrogen-bond donors (Lipinski definition) is 2. The van der Waals surface area contributed by atoms with Gasteiger partial charge in [0.2, 0.25) is 0 Å². The van der Waals surface area contributed by atoms with Gasteiger partial charge in [0, 0.05) is 13.0 Å². The molecule has 2 aromatic carbocycles. The lowest BCUT2D eigenvalue weighted by Gasteiger charge is -2.13. The SMILES string of the molecule is C=CCNC(=O)c1ccccc1NS(=O)(=O)c1ccc2c(c1)CCO2. The van der Waals surface area contributed by atoms with Crippen LogP contribution in [0.1, 0.15) is 15.9 Å². The highest BCUT2D eigenvalue weighted by Gasteiger charge is 2.21. The largest absolute Gasteiger partial charge is 0.493 e. The van der Waals surface area contributed by atoms with E-state index in [2.05, 4.69) is 16.6 Å². The normalized spacial score (nSPS) is 12.8. The number of hydrogen-bond acceptors (Lipinski definition) is 4. The minimum absolute atomic E-state index is 0.137. The van der Waals surface area contributed by atoms with Crippen LogP contribution in [0.4, 0.5) is 5.69 Å². The molecule has 0 saturated heterocycles. The Hall–Kier alpha value is -2.80. The zero-order chi connectivity index (χ0) is 17.9. The molecule has 7 heteroatoms. The molecule has 1 aliphatic heterocycles. The van der Waals surface area contributed by atoms with Gasteiger partial charge in [0.25, 0.3) is 15.9 Å². The molecule has 0 fully saturated rings. The zero-order valence-electron chi connectivity index (χ0n) is 13.5. The molecule has 0 bridgehead atoms. The third-order valence-electron chi connectivity index (χ3n) is 3.79. The number of benzene rings is 2. The van der Waals surface area contributed by atoms with Crippen LogP contribution in [0.25, 0.3) is 0 Å². The summed E-state index contributed by atoms with van der Waals surface area (Å²) < 4.78 is 33.3. The van der Waals surface area contributed by atoms with Crippen LogP contribution in [0.15, 0.2) is 60.0 Å². The van der Waals surface area contributed by atoms with E-state index >= 15 is 0 Å². The van der Waals surface area contributed by atoms with Gasteiger partial charge < -0.3 is 10.1 Å². The first-order valence-electron chi connectivity index (χ1n) is 7.78. The molecule has 3 rings (SSSR count). The second-order valence-corrected chi connectivity index (χ2v) is 7.20. The highest BCUT2D eigenvalue weighted by molar-refractivity contribution is 7.92. The molecule has 0 unspecified atom stereocenters. The molecule has 0 radical (unpaired) electrons. The number of sulfonamides is 1. The second-order valence-electron chi connectivity index (χ2n) is 5.52. The summed E-state index contributed by atoms with van der Waals surface area (Å²) in [6.07, 6.45) is 2.23. The predicted molar refractivity (Wildman–Crippen MR) is 95.4 cm³/mol. The summed E-state index contributed by atoms with van der Waals surface area (Å²) in [5.41, 5.74) is 1.33. The molecule has 130 valence electrons. The Balaban J connectivity index is 1.89. The van der Waals surface area contributed by atoms with Crippen molar-refractivity contribution in [2.24, 2.45) is 0 Å². The molecule has 0 aliphatic carbocycles. The maximum Gasteiger partial charge on any atom is 0.261 e. The van der Waals surface area contributed by atoms with E-state index in [1.165, 1.54) is 6.07 Å². The fourth-order valence-corrected chi connectivity index (χ4v) is 3.69. The first-order chi connectivity index (χ1) is 12.0. The molecule has 2 N–H and O–H groups in total. The van der Waals surface area contributed by atoms with Gasteiger partial charge in [-0.3, -0.25) is 9.52 Å². The zero-order valence-corrected chi connectivity index (χ0v) is 14.3. The molecule has 0 saturated carbocycles. The molecule has 1 aliphatic rings. The summed E-state index contributed by atoms with van der Waals surface area (Å²) in [6, 6.07) is 11.2. The van der Waals surface area contributed by atoms with E-state index in [0.717, 1.165) is 5.56 Å². The summed E-state index contributed by atoms with van der Waals surface area (Å²) in [5.74, 6) is 0.337. The summed E-state index contributed by atoms with van der Waals surface area (Å²) in [6.45, 7) is 4.39. The molecule has 0 aromatic heterocycles. The average Bonchev–Trinajstić information content (AvgIpc) is 3.07. The Morgan fingerprint density at radius 3 is 2.84 bits per heavy atom. The Bertz CT molecular complexity index is 922. The summed E-state index contributed by atoms with van der Waals surface area (Å²) in [7, 11) is -3.82. The monoisotopic (exact) mass is 358 g/mol. The molecular formula is C18H18N2O4S. The van der Waals surface area contributed by atoms with Crippen LogP contribution < -0.4 is 14.8 Å². The topological polar surface area (TPSA) is 84.5 Å². The lowest BCUT2D eigenvalue weighted by molar-refractivity contribution is 0.0959. The minimum Gasteiger partial charge on any atom is -0.493 e. The average molecular weight is 358 g/mol. The van der Waals surface area contributed by atoms with E-state index in [1.807, 2.05) is 0 Å². The van der Waals surface area contributed by atoms with Crippen LogP contribution in [0.3, 0.4) is 0 Å². The summed E-state index contributed by atoms with van der Waals surface area (Å²) in [4.78, 5) is 12.3. The molecule has 2 aromatic rings. The van der Waals surface area contributed by atoms with E-state index < -0.39 is 10.0 Å². The summed E-state index contributed by atoms with van der Waals surface area (Å²) >= 11 is 0. The van der Waals surface area contributed by atoms with E-state index in [0.29, 0.717) is 25.3 Å². The number of rotatable bonds is 6. The van der Waals surface area contributed by atoms with Crippen molar-refractivity contribution in [1.29, 1.82) is 0 Å². The lowest BCUT2D eigenvalue weighted by Crippen LogP contribution is -2.25. The van der Waals surface area contributed by atoms with E-state index in [9.17, 15) is 13.2 Å². The number of para-hydroxylation sites is 1. The van der Waals surface area contributed by atoms with Crippen LogP contribution in [0, 0.1) is 0 Å². The van der Waals surface area contributed by atoms with Crippen molar-refractivity contribution in [3.63, 3.8) is 0 Å². The number of anilines is 1. The number of nitrogens with one attached hydrogen (secondary N) is 2. The van der Waals surface area contributed by atoms with Gasteiger partial charge in [0.15, 0.2) is 0 Å². The maximum atomic E-state index is 12.7. The first kappa shape index (κ1) is 17.0. The van der Waals surface area contributed by atoms with E-state index in [1.54, 1.807) is 42.5 Å². The van der Waals surface area contributed by atoms with Crippen LogP contribution in [-0.2, 0) is 16.4 Å². The van der Waals surface area contributed by atoms with Gasteiger partial charge in [-0.2, -0.15) is 0 Å². The second kappa shape index (κ2) is 6.98. The molecule has 25 heavy (non-hydrogen) atoms. The molecule has 6 nitrogen and oxygen atoms in total. The maximum absolute atomic E-state index is 12.7. The Morgan fingerprint density at radius 2 is 2.04 bits per heavy atom. The fourth-order valence-electron chi connectivity index (χ4n) is 2.56. The third kappa shape index (κ3) is 3.66. The molecule has 1 amide bonds. The van der Waals surface area contributed by atoms with Crippen LogP contribution in [-0.4, -0.2) is 27.5 Å². The number of carbonyl (C=O) groups excluding carboxylic acids is 1. The number of fused-ring (bicyclic) bond motifs is 1. The fraction of sp³-hybridized carbons (Fsp3) is 0.167. The molecule has 0 atom stereocenters. The highest BCUT2D eigenvalue weighted by Crippen LogP contribution is 2.28. The van der Waals surface area contributed by atoms with E-state index in [4.69, 9.17) is 4.74 Å². The van der Waals surface area contributed by atoms with Crippen molar-refractivity contribution in [3.05, 3.63) is 66.2 Å². The van der Waals surface area contributed by atoms with Gasteiger partial charge in [0.1, 0.15) is 5.75 Å². The van der Waals surface area contributed by atoms with Gasteiger partial charge in [-0.1, -0.05) is 18.2 Å².